The van der Waals surface area contributed by atoms with Gasteiger partial charge in [0.15, 0.2) is 0 Å². The number of benzene rings is 2. The van der Waals surface area contributed by atoms with E-state index in [1.165, 1.54) is 36.0 Å². The molecule has 0 unspecified atom stereocenters. The Labute approximate surface area is 174 Å². The molecule has 2 aromatic carbocycles. The summed E-state index contributed by atoms with van der Waals surface area (Å²) >= 11 is 0. The van der Waals surface area contributed by atoms with Crippen LogP contribution >= 0.6 is 0 Å². The number of likely N-dealkylation sites (N-methyl/N-ethyl adjacent to an activating group) is 1. The Morgan fingerprint density at radius 1 is 1.10 bits per heavy atom. The van der Waals surface area contributed by atoms with Crippen molar-refractivity contribution in [2.24, 2.45) is 0 Å². The molecule has 1 aliphatic carbocycles. The van der Waals surface area contributed by atoms with Crippen LogP contribution in [0.15, 0.2) is 48.5 Å². The van der Waals surface area contributed by atoms with Crippen molar-refractivity contribution >= 4 is 5.91 Å². The molecule has 0 aromatic heterocycles. The van der Waals surface area contributed by atoms with Crippen molar-refractivity contribution < 1.29 is 4.79 Å². The highest BCUT2D eigenvalue weighted by Crippen LogP contribution is 2.24. The molecule has 1 N–H and O–H groups in total. The molecule has 154 valence electrons. The highest BCUT2D eigenvalue weighted by Gasteiger charge is 2.25. The lowest BCUT2D eigenvalue weighted by Gasteiger charge is -2.37. The Kier molecular flexibility index (Phi) is 6.31. The maximum atomic E-state index is 13.1. The van der Waals surface area contributed by atoms with Crippen molar-refractivity contribution in [3.8, 4) is 0 Å². The number of nitrogens with zero attached hydrogens (tertiary/aromatic N) is 2. The first kappa shape index (κ1) is 20.1. The molecule has 1 fully saturated rings. The zero-order chi connectivity index (χ0) is 20.2. The van der Waals surface area contributed by atoms with Crippen molar-refractivity contribution in [3.63, 3.8) is 0 Å². The number of hydrogen-bond donors (Lipinski definition) is 1. The van der Waals surface area contributed by atoms with Gasteiger partial charge in [0, 0.05) is 18.2 Å². The van der Waals surface area contributed by atoms with E-state index in [2.05, 4.69) is 65.6 Å². The summed E-state index contributed by atoms with van der Waals surface area (Å²) < 4.78 is 0. The summed E-state index contributed by atoms with van der Waals surface area (Å²) in [6.07, 6.45) is 5.82. The molecule has 0 saturated carbocycles. The van der Waals surface area contributed by atoms with Crippen LogP contribution in [0.3, 0.4) is 0 Å². The van der Waals surface area contributed by atoms with Crippen molar-refractivity contribution in [2.45, 2.75) is 44.2 Å². The quantitative estimate of drug-likeness (QED) is 0.816. The molecule has 4 heteroatoms. The molecule has 4 nitrogen and oxygen atoms in total. The average Bonchev–Trinajstić information content (AvgIpc) is 3.22. The standard InChI is InChI=1S/C25H33N3O/c1-27-15-13-23(14-16-27)28(2)18-24(20-7-4-3-5-8-20)26-25(29)22-12-11-19-9-6-10-21(19)17-22/h3-5,7-8,11-12,17,23-24H,6,9-10,13-16,18H2,1-2H3,(H,26,29)/t24-/m1/s1. The predicted octanol–water partition coefficient (Wildman–Crippen LogP) is 3.67. The van der Waals surface area contributed by atoms with E-state index >= 15 is 0 Å². The molecule has 29 heavy (non-hydrogen) atoms. The van der Waals surface area contributed by atoms with E-state index in [0.717, 1.165) is 38.0 Å². The fraction of sp³-hybridized carbons (Fsp3) is 0.480. The minimum atomic E-state index is -0.0124. The zero-order valence-electron chi connectivity index (χ0n) is 17.7. The van der Waals surface area contributed by atoms with E-state index in [9.17, 15) is 4.79 Å². The number of rotatable bonds is 6. The Morgan fingerprint density at radius 3 is 2.59 bits per heavy atom. The van der Waals surface area contributed by atoms with Gasteiger partial charge in [-0.2, -0.15) is 0 Å². The maximum Gasteiger partial charge on any atom is 0.251 e. The molecule has 0 radical (unpaired) electrons. The number of aryl methyl sites for hydroxylation is 2. The Hall–Kier alpha value is -2.17. The second kappa shape index (κ2) is 9.10. The van der Waals surface area contributed by atoms with Gasteiger partial charge in [0.05, 0.1) is 6.04 Å². The van der Waals surface area contributed by atoms with Crippen molar-refractivity contribution in [3.05, 3.63) is 70.8 Å². The van der Waals surface area contributed by atoms with Crippen LogP contribution in [0, 0.1) is 0 Å². The third kappa shape index (κ3) is 4.88. The topological polar surface area (TPSA) is 35.6 Å². The van der Waals surface area contributed by atoms with Gasteiger partial charge < -0.3 is 15.1 Å². The van der Waals surface area contributed by atoms with Gasteiger partial charge in [-0.05, 0) is 88.1 Å². The highest BCUT2D eigenvalue weighted by molar-refractivity contribution is 5.94. The monoisotopic (exact) mass is 391 g/mol. The second-order valence-corrected chi connectivity index (χ2v) is 8.75. The van der Waals surface area contributed by atoms with E-state index in [4.69, 9.17) is 0 Å². The molecule has 1 amide bonds. The molecular formula is C25H33N3O. The van der Waals surface area contributed by atoms with Crippen LogP contribution < -0.4 is 5.32 Å². The van der Waals surface area contributed by atoms with E-state index in [1.54, 1.807) is 0 Å². The highest BCUT2D eigenvalue weighted by atomic mass is 16.1. The van der Waals surface area contributed by atoms with E-state index < -0.39 is 0 Å². The normalized spacial score (nSPS) is 18.6. The Balaban J connectivity index is 1.48. The van der Waals surface area contributed by atoms with Gasteiger partial charge in [-0.3, -0.25) is 4.79 Å². The smallest absolute Gasteiger partial charge is 0.251 e. The van der Waals surface area contributed by atoms with Gasteiger partial charge in [0.2, 0.25) is 0 Å². The fourth-order valence-corrected chi connectivity index (χ4v) is 4.75. The van der Waals surface area contributed by atoms with Gasteiger partial charge in [0.1, 0.15) is 0 Å². The lowest BCUT2D eigenvalue weighted by Crippen LogP contribution is -2.45. The summed E-state index contributed by atoms with van der Waals surface area (Å²) in [6.45, 7) is 3.12. The summed E-state index contributed by atoms with van der Waals surface area (Å²) in [7, 11) is 4.40. The van der Waals surface area contributed by atoms with Gasteiger partial charge >= 0.3 is 0 Å². The number of nitrogens with one attached hydrogen (secondary N) is 1. The van der Waals surface area contributed by atoms with Crippen LogP contribution in [-0.2, 0) is 12.8 Å². The first-order chi connectivity index (χ1) is 14.1. The molecule has 2 aromatic rings. The van der Waals surface area contributed by atoms with Crippen molar-refractivity contribution in [1.82, 2.24) is 15.1 Å². The van der Waals surface area contributed by atoms with Gasteiger partial charge in [0.25, 0.3) is 5.91 Å². The number of amides is 1. The van der Waals surface area contributed by atoms with E-state index in [-0.39, 0.29) is 11.9 Å². The predicted molar refractivity (Wildman–Crippen MR) is 118 cm³/mol. The van der Waals surface area contributed by atoms with Crippen LogP contribution in [-0.4, -0.2) is 55.5 Å². The molecular weight excluding hydrogens is 358 g/mol. The lowest BCUT2D eigenvalue weighted by atomic mass is 10.0. The van der Waals surface area contributed by atoms with Crippen LogP contribution in [0.4, 0.5) is 0 Å². The van der Waals surface area contributed by atoms with Crippen LogP contribution in [0.25, 0.3) is 0 Å². The number of carbonyl (C=O) groups is 1. The van der Waals surface area contributed by atoms with Crippen LogP contribution in [0.1, 0.15) is 52.4 Å². The minimum absolute atomic E-state index is 0.0124. The number of carbonyl (C=O) groups excluding carboxylic acids is 1. The summed E-state index contributed by atoms with van der Waals surface area (Å²) in [5.41, 5.74) is 4.70. The minimum Gasteiger partial charge on any atom is -0.344 e. The Bertz CT molecular complexity index is 827. The number of likely N-dealkylation sites (tertiary alicyclic amines) is 1. The zero-order valence-corrected chi connectivity index (χ0v) is 17.7. The summed E-state index contributed by atoms with van der Waals surface area (Å²) in [5.74, 6) is 0.0327. The first-order valence-corrected chi connectivity index (χ1v) is 11.0. The maximum absolute atomic E-state index is 13.1. The summed E-state index contributed by atoms with van der Waals surface area (Å²) in [6, 6.07) is 17.2. The number of piperidine rings is 1. The molecule has 1 saturated heterocycles. The van der Waals surface area contributed by atoms with Crippen LogP contribution in [0.2, 0.25) is 0 Å². The Morgan fingerprint density at radius 2 is 1.83 bits per heavy atom. The summed E-state index contributed by atoms with van der Waals surface area (Å²) in [5, 5.41) is 3.33. The SMILES string of the molecule is CN1CCC(N(C)C[C@@H](NC(=O)c2ccc3c(c2)CCC3)c2ccccc2)CC1. The van der Waals surface area contributed by atoms with Crippen LogP contribution in [0.5, 0.6) is 0 Å². The van der Waals surface area contributed by atoms with Crippen molar-refractivity contribution in [2.75, 3.05) is 33.7 Å². The first-order valence-electron chi connectivity index (χ1n) is 11.0. The molecule has 0 bridgehead atoms. The lowest BCUT2D eigenvalue weighted by molar-refractivity contribution is 0.0905. The third-order valence-corrected chi connectivity index (χ3v) is 6.65. The second-order valence-electron chi connectivity index (χ2n) is 8.75. The fourth-order valence-electron chi connectivity index (χ4n) is 4.75. The van der Waals surface area contributed by atoms with E-state index in [0.29, 0.717) is 6.04 Å². The largest absolute Gasteiger partial charge is 0.344 e. The number of hydrogen-bond acceptors (Lipinski definition) is 3. The molecule has 1 heterocycles. The molecule has 4 rings (SSSR count). The third-order valence-electron chi connectivity index (χ3n) is 6.65. The van der Waals surface area contributed by atoms with E-state index in [1.807, 2.05) is 12.1 Å². The number of fused-ring (bicyclic) bond motifs is 1. The molecule has 2 aliphatic rings. The van der Waals surface area contributed by atoms with Gasteiger partial charge in [-0.25, -0.2) is 0 Å². The molecule has 0 spiro atoms. The molecule has 1 atom stereocenters. The van der Waals surface area contributed by atoms with Gasteiger partial charge in [-0.15, -0.1) is 0 Å². The molecule has 1 aliphatic heterocycles. The van der Waals surface area contributed by atoms with Gasteiger partial charge in [-0.1, -0.05) is 36.4 Å². The summed E-state index contributed by atoms with van der Waals surface area (Å²) in [4.78, 5) is 17.9. The average molecular weight is 392 g/mol. The van der Waals surface area contributed by atoms with Crippen molar-refractivity contribution in [1.29, 1.82) is 0 Å².